The lowest BCUT2D eigenvalue weighted by atomic mass is 10.1. The highest BCUT2D eigenvalue weighted by atomic mass is 16.7. The summed E-state index contributed by atoms with van der Waals surface area (Å²) in [6, 6.07) is 5.50. The van der Waals surface area contributed by atoms with Crippen molar-refractivity contribution < 1.29 is 14.6 Å². The quantitative estimate of drug-likeness (QED) is 0.443. The molecular formula is C11H10N2O4. The first kappa shape index (κ1) is 11.1. The minimum atomic E-state index is -0.484. The Hall–Kier alpha value is -2.37. The first-order valence-corrected chi connectivity index (χ1v) is 4.95. The number of carbonyl (C=O) groups is 1. The van der Waals surface area contributed by atoms with Gasteiger partial charge in [0.05, 0.1) is 22.2 Å². The average molecular weight is 234 g/mol. The van der Waals surface area contributed by atoms with E-state index in [1.54, 1.807) is 6.92 Å². The molecule has 6 heteroatoms. The van der Waals surface area contributed by atoms with E-state index in [9.17, 15) is 14.9 Å². The number of benzene rings is 1. The van der Waals surface area contributed by atoms with Gasteiger partial charge >= 0.3 is 5.97 Å². The third kappa shape index (κ3) is 1.84. The topological polar surface area (TPSA) is 72.7 Å². The number of hydrogen-bond donors (Lipinski definition) is 0. The number of nitro benzene ring substituents is 1. The van der Waals surface area contributed by atoms with E-state index in [1.807, 2.05) is 0 Å². The Bertz CT molecular complexity index is 495. The highest BCUT2D eigenvalue weighted by Gasteiger charge is 2.34. The molecule has 1 aromatic rings. The predicted octanol–water partition coefficient (Wildman–Crippen LogP) is 1.82. The average Bonchev–Trinajstić information content (AvgIpc) is 2.57. The number of carbonyl (C=O) groups excluding carboxylic acids is 1. The van der Waals surface area contributed by atoms with Crippen molar-refractivity contribution in [3.63, 3.8) is 0 Å². The molecule has 2 rings (SSSR count). The van der Waals surface area contributed by atoms with Crippen LogP contribution in [0, 0.1) is 10.1 Å². The number of hydrogen-bond acceptors (Lipinski definition) is 5. The largest absolute Gasteiger partial charge is 0.360 e. The fourth-order valence-corrected chi connectivity index (χ4v) is 1.54. The first-order valence-electron chi connectivity index (χ1n) is 4.95. The van der Waals surface area contributed by atoms with Crippen molar-refractivity contribution >= 4 is 17.3 Å². The number of anilines is 1. The maximum atomic E-state index is 11.3. The molecule has 0 N–H and O–H groups in total. The Morgan fingerprint density at radius 2 is 2.00 bits per heavy atom. The van der Waals surface area contributed by atoms with Crippen LogP contribution in [0.2, 0.25) is 0 Å². The summed E-state index contributed by atoms with van der Waals surface area (Å²) in [4.78, 5) is 26.3. The highest BCUT2D eigenvalue weighted by Crippen LogP contribution is 2.28. The number of nitrogens with zero attached hydrogens (tertiary/aromatic N) is 2. The molecule has 1 heterocycles. The molecule has 0 radical (unpaired) electrons. The van der Waals surface area contributed by atoms with Gasteiger partial charge in [-0.2, -0.15) is 5.06 Å². The van der Waals surface area contributed by atoms with E-state index in [4.69, 9.17) is 4.84 Å². The van der Waals surface area contributed by atoms with Gasteiger partial charge in [-0.1, -0.05) is 6.58 Å². The van der Waals surface area contributed by atoms with Crippen LogP contribution in [0.25, 0.3) is 0 Å². The summed E-state index contributed by atoms with van der Waals surface area (Å²) >= 11 is 0. The SMILES string of the molecule is C=C1C(=O)ON(c2ccc([N+](=O)[O-])cc2)[C@@H]1C. The molecule has 1 saturated heterocycles. The van der Waals surface area contributed by atoms with Crippen molar-refractivity contribution in [3.8, 4) is 0 Å². The zero-order chi connectivity index (χ0) is 12.6. The van der Waals surface area contributed by atoms with Gasteiger partial charge in [0.1, 0.15) is 0 Å². The van der Waals surface area contributed by atoms with Crippen LogP contribution in [0.4, 0.5) is 11.4 Å². The maximum Gasteiger partial charge on any atom is 0.360 e. The smallest absolute Gasteiger partial charge is 0.335 e. The van der Waals surface area contributed by atoms with E-state index in [0.717, 1.165) is 0 Å². The van der Waals surface area contributed by atoms with Crippen molar-refractivity contribution in [3.05, 3.63) is 46.5 Å². The summed E-state index contributed by atoms with van der Waals surface area (Å²) in [5, 5.41) is 11.9. The van der Waals surface area contributed by atoms with E-state index in [-0.39, 0.29) is 11.7 Å². The molecule has 1 aromatic carbocycles. The second kappa shape index (κ2) is 3.89. The number of nitro groups is 1. The van der Waals surface area contributed by atoms with Crippen LogP contribution in [0.1, 0.15) is 6.92 Å². The summed E-state index contributed by atoms with van der Waals surface area (Å²) in [5.74, 6) is -0.476. The normalized spacial score (nSPS) is 19.4. The summed E-state index contributed by atoms with van der Waals surface area (Å²) in [5.41, 5.74) is 0.934. The van der Waals surface area contributed by atoms with Gasteiger partial charge in [0.15, 0.2) is 0 Å². The van der Waals surface area contributed by atoms with E-state index in [0.29, 0.717) is 11.3 Å². The third-order valence-electron chi connectivity index (χ3n) is 2.61. The van der Waals surface area contributed by atoms with Crippen molar-refractivity contribution in [2.24, 2.45) is 0 Å². The van der Waals surface area contributed by atoms with Crippen molar-refractivity contribution in [2.75, 3.05) is 5.06 Å². The lowest BCUT2D eigenvalue weighted by Gasteiger charge is -2.19. The second-order valence-electron chi connectivity index (χ2n) is 3.68. The van der Waals surface area contributed by atoms with E-state index in [2.05, 4.69) is 6.58 Å². The van der Waals surface area contributed by atoms with Crippen molar-refractivity contribution in [1.29, 1.82) is 0 Å². The van der Waals surface area contributed by atoms with Crippen LogP contribution in [0.15, 0.2) is 36.4 Å². The van der Waals surface area contributed by atoms with Gasteiger partial charge < -0.3 is 4.84 Å². The third-order valence-corrected chi connectivity index (χ3v) is 2.61. The van der Waals surface area contributed by atoms with Crippen molar-refractivity contribution in [2.45, 2.75) is 13.0 Å². The highest BCUT2D eigenvalue weighted by molar-refractivity contribution is 5.93. The van der Waals surface area contributed by atoms with Crippen LogP contribution in [-0.2, 0) is 9.63 Å². The van der Waals surface area contributed by atoms with Crippen LogP contribution in [0.3, 0.4) is 0 Å². The van der Waals surface area contributed by atoms with Gasteiger partial charge in [0.2, 0.25) is 0 Å². The molecule has 0 bridgehead atoms. The zero-order valence-corrected chi connectivity index (χ0v) is 9.12. The van der Waals surface area contributed by atoms with Gasteiger partial charge in [0, 0.05) is 12.1 Å². The number of rotatable bonds is 2. The van der Waals surface area contributed by atoms with Crippen LogP contribution in [0.5, 0.6) is 0 Å². The molecule has 0 saturated carbocycles. The van der Waals surface area contributed by atoms with Gasteiger partial charge in [0.25, 0.3) is 5.69 Å². The van der Waals surface area contributed by atoms with E-state index < -0.39 is 10.9 Å². The second-order valence-corrected chi connectivity index (χ2v) is 3.68. The summed E-state index contributed by atoms with van der Waals surface area (Å²) in [6.45, 7) is 5.39. The minimum absolute atomic E-state index is 0.00856. The number of non-ortho nitro benzene ring substituents is 1. The molecule has 88 valence electrons. The lowest BCUT2D eigenvalue weighted by Crippen LogP contribution is -2.25. The lowest BCUT2D eigenvalue weighted by molar-refractivity contribution is -0.384. The summed E-state index contributed by atoms with van der Waals surface area (Å²) in [6.07, 6.45) is 0. The Labute approximate surface area is 97.2 Å². The minimum Gasteiger partial charge on any atom is -0.335 e. The van der Waals surface area contributed by atoms with Crippen molar-refractivity contribution in [1.82, 2.24) is 0 Å². The molecule has 1 fully saturated rings. The monoisotopic (exact) mass is 234 g/mol. The molecule has 1 aliphatic rings. The molecule has 0 unspecified atom stereocenters. The first-order chi connectivity index (χ1) is 8.00. The Morgan fingerprint density at radius 1 is 1.41 bits per heavy atom. The maximum absolute atomic E-state index is 11.3. The van der Waals surface area contributed by atoms with E-state index in [1.165, 1.54) is 29.3 Å². The molecule has 0 amide bonds. The fourth-order valence-electron chi connectivity index (χ4n) is 1.54. The fraction of sp³-hybridized carbons (Fsp3) is 0.182. The summed E-state index contributed by atoms with van der Waals surface area (Å²) < 4.78 is 0. The standard InChI is InChI=1S/C11H10N2O4/c1-7-8(2)12(17-11(7)14)9-3-5-10(6-4-9)13(15)16/h3-6,8H,1H2,2H3/t8-/m1/s1. The Kier molecular flexibility index (Phi) is 2.55. The number of hydroxylamine groups is 1. The molecule has 1 atom stereocenters. The molecule has 1 aliphatic heterocycles. The summed E-state index contributed by atoms with van der Waals surface area (Å²) in [7, 11) is 0. The van der Waals surface area contributed by atoms with Crippen LogP contribution >= 0.6 is 0 Å². The van der Waals surface area contributed by atoms with Crippen LogP contribution < -0.4 is 5.06 Å². The van der Waals surface area contributed by atoms with Gasteiger partial charge in [-0.25, -0.2) is 4.79 Å². The molecule has 0 aromatic heterocycles. The zero-order valence-electron chi connectivity index (χ0n) is 9.12. The van der Waals surface area contributed by atoms with Crippen LogP contribution in [-0.4, -0.2) is 16.9 Å². The molecular weight excluding hydrogens is 224 g/mol. The molecule has 6 nitrogen and oxygen atoms in total. The van der Waals surface area contributed by atoms with E-state index >= 15 is 0 Å². The Morgan fingerprint density at radius 3 is 2.41 bits per heavy atom. The molecule has 0 spiro atoms. The molecule has 17 heavy (non-hydrogen) atoms. The van der Waals surface area contributed by atoms with Gasteiger partial charge in [-0.05, 0) is 19.1 Å². The van der Waals surface area contributed by atoms with Gasteiger partial charge in [-0.15, -0.1) is 0 Å². The predicted molar refractivity (Wildman–Crippen MR) is 60.3 cm³/mol. The molecule has 0 aliphatic carbocycles. The van der Waals surface area contributed by atoms with Gasteiger partial charge in [-0.3, -0.25) is 10.1 Å². The Balaban J connectivity index is 2.27.